The van der Waals surface area contributed by atoms with E-state index in [2.05, 4.69) is 12.2 Å². The Balaban J connectivity index is 2.48. The van der Waals surface area contributed by atoms with Crippen molar-refractivity contribution in [2.75, 3.05) is 0 Å². The Hall–Kier alpha value is -0.590. The Morgan fingerprint density at radius 2 is 1.92 bits per heavy atom. The summed E-state index contributed by atoms with van der Waals surface area (Å²) < 4.78 is 0. The molecule has 0 saturated heterocycles. The Labute approximate surface area is 81.2 Å². The van der Waals surface area contributed by atoms with Gasteiger partial charge in [0.15, 0.2) is 0 Å². The van der Waals surface area contributed by atoms with Gasteiger partial charge in [0.2, 0.25) is 0 Å². The van der Waals surface area contributed by atoms with Crippen molar-refractivity contribution < 1.29 is 4.79 Å². The van der Waals surface area contributed by atoms with Crippen molar-refractivity contribution in [1.29, 1.82) is 0 Å². The van der Waals surface area contributed by atoms with Gasteiger partial charge in [-0.3, -0.25) is 4.79 Å². The highest BCUT2D eigenvalue weighted by Gasteiger charge is 2.20. The van der Waals surface area contributed by atoms with Crippen LogP contribution in [-0.4, -0.2) is 5.78 Å². The molecular weight excluding hydrogens is 160 g/mol. The summed E-state index contributed by atoms with van der Waals surface area (Å²) >= 11 is 0. The number of Topliss-reactive ketones (excluding diaryl/α,β-unsaturated/α-hetero) is 1. The first-order valence-electron chi connectivity index (χ1n) is 5.40. The van der Waals surface area contributed by atoms with Crippen LogP contribution in [0, 0.1) is 11.8 Å². The van der Waals surface area contributed by atoms with Gasteiger partial charge in [0.1, 0.15) is 5.78 Å². The molecule has 1 atom stereocenters. The maximum Gasteiger partial charge on any atom is 0.138 e. The Morgan fingerprint density at radius 3 is 2.62 bits per heavy atom. The lowest BCUT2D eigenvalue weighted by Crippen LogP contribution is -2.20. The first-order valence-corrected chi connectivity index (χ1v) is 5.40. The van der Waals surface area contributed by atoms with Gasteiger partial charge >= 0.3 is 0 Å². The largest absolute Gasteiger partial charge is 0.299 e. The van der Waals surface area contributed by atoms with E-state index < -0.39 is 0 Å². The van der Waals surface area contributed by atoms with Crippen LogP contribution >= 0.6 is 0 Å². The predicted octanol–water partition coefficient (Wildman–Crippen LogP) is 3.35. The summed E-state index contributed by atoms with van der Waals surface area (Å²) in [5.41, 5.74) is 0. The van der Waals surface area contributed by atoms with Crippen LogP contribution in [0.3, 0.4) is 0 Å². The number of rotatable bonds is 2. The number of hydrogen-bond donors (Lipinski definition) is 0. The summed E-state index contributed by atoms with van der Waals surface area (Å²) in [7, 11) is 0. The third-order valence-electron chi connectivity index (χ3n) is 2.74. The summed E-state index contributed by atoms with van der Waals surface area (Å²) in [4.78, 5) is 11.7. The van der Waals surface area contributed by atoms with Crippen LogP contribution in [0.2, 0.25) is 0 Å². The third-order valence-corrected chi connectivity index (χ3v) is 2.74. The normalized spacial score (nSPS) is 26.5. The highest BCUT2D eigenvalue weighted by molar-refractivity contribution is 5.82. The van der Waals surface area contributed by atoms with Gasteiger partial charge in [-0.25, -0.2) is 0 Å². The molecule has 0 N–H and O–H groups in total. The van der Waals surface area contributed by atoms with E-state index in [9.17, 15) is 4.79 Å². The summed E-state index contributed by atoms with van der Waals surface area (Å²) in [6.45, 7) is 4.02. The molecule has 1 heteroatoms. The van der Waals surface area contributed by atoms with Gasteiger partial charge in [-0.15, -0.1) is 0 Å². The second kappa shape index (κ2) is 5.21. The summed E-state index contributed by atoms with van der Waals surface area (Å²) in [5, 5.41) is 0. The number of carbonyl (C=O) groups excluding carboxylic acids is 1. The molecule has 0 aromatic carbocycles. The van der Waals surface area contributed by atoms with E-state index in [4.69, 9.17) is 0 Å². The van der Waals surface area contributed by atoms with Crippen LogP contribution in [0.25, 0.3) is 0 Å². The van der Waals surface area contributed by atoms with Crippen molar-refractivity contribution in [2.45, 2.75) is 46.0 Å². The molecule has 1 nitrogen and oxygen atoms in total. The molecule has 0 aliphatic heterocycles. The van der Waals surface area contributed by atoms with Crippen LogP contribution in [0.5, 0.6) is 0 Å². The maximum atomic E-state index is 11.7. The molecule has 0 radical (unpaired) electrons. The van der Waals surface area contributed by atoms with E-state index in [0.29, 0.717) is 11.7 Å². The lowest BCUT2D eigenvalue weighted by molar-refractivity contribution is -0.126. The van der Waals surface area contributed by atoms with Gasteiger partial charge in [0.05, 0.1) is 0 Å². The standard InChI is InChI=1S/C12H20O/c1-10(2)12(13)11-8-6-4-3-5-7-9-11/h3-4,10-11H,5-9H2,1-2H3/b4-3-. The van der Waals surface area contributed by atoms with E-state index in [0.717, 1.165) is 25.7 Å². The number of hydrogen-bond acceptors (Lipinski definition) is 1. The van der Waals surface area contributed by atoms with Crippen LogP contribution in [-0.2, 0) is 4.79 Å². The molecule has 13 heavy (non-hydrogen) atoms. The van der Waals surface area contributed by atoms with E-state index in [-0.39, 0.29) is 5.92 Å². The van der Waals surface area contributed by atoms with E-state index in [1.54, 1.807) is 0 Å². The van der Waals surface area contributed by atoms with Gasteiger partial charge in [-0.05, 0) is 32.1 Å². The number of carbonyl (C=O) groups is 1. The first-order chi connectivity index (χ1) is 6.22. The summed E-state index contributed by atoms with van der Waals surface area (Å²) in [5.74, 6) is 1.02. The molecule has 0 heterocycles. The van der Waals surface area contributed by atoms with E-state index in [1.807, 2.05) is 13.8 Å². The van der Waals surface area contributed by atoms with Crippen molar-refractivity contribution in [1.82, 2.24) is 0 Å². The molecule has 0 fully saturated rings. The zero-order chi connectivity index (χ0) is 9.68. The molecule has 1 aliphatic rings. The average molecular weight is 180 g/mol. The fraction of sp³-hybridized carbons (Fsp3) is 0.750. The highest BCUT2D eigenvalue weighted by Crippen LogP contribution is 2.22. The van der Waals surface area contributed by atoms with Crippen LogP contribution in [0.4, 0.5) is 0 Å². The van der Waals surface area contributed by atoms with Crippen molar-refractivity contribution in [3.8, 4) is 0 Å². The Kier molecular flexibility index (Phi) is 4.20. The summed E-state index contributed by atoms with van der Waals surface area (Å²) in [6.07, 6.45) is 10.1. The quantitative estimate of drug-likeness (QED) is 0.596. The number of allylic oxidation sites excluding steroid dienone is 2. The summed E-state index contributed by atoms with van der Waals surface area (Å²) in [6, 6.07) is 0. The molecule has 0 amide bonds. The monoisotopic (exact) mass is 180 g/mol. The molecule has 0 saturated carbocycles. The van der Waals surface area contributed by atoms with Gasteiger partial charge < -0.3 is 0 Å². The van der Waals surface area contributed by atoms with Crippen molar-refractivity contribution in [3.63, 3.8) is 0 Å². The minimum absolute atomic E-state index is 0.216. The lowest BCUT2D eigenvalue weighted by Gasteiger charge is -2.18. The molecular formula is C12H20O. The first kappa shape index (κ1) is 10.5. The van der Waals surface area contributed by atoms with Gasteiger partial charge in [0.25, 0.3) is 0 Å². The third kappa shape index (κ3) is 3.33. The van der Waals surface area contributed by atoms with Crippen molar-refractivity contribution >= 4 is 5.78 Å². The van der Waals surface area contributed by atoms with Crippen molar-refractivity contribution in [3.05, 3.63) is 12.2 Å². The predicted molar refractivity (Wildman–Crippen MR) is 55.6 cm³/mol. The van der Waals surface area contributed by atoms with Crippen LogP contribution in [0.1, 0.15) is 46.0 Å². The Bertz CT molecular complexity index is 191. The topological polar surface area (TPSA) is 17.1 Å². The molecule has 74 valence electrons. The molecule has 0 aromatic rings. The fourth-order valence-corrected chi connectivity index (χ4v) is 1.92. The highest BCUT2D eigenvalue weighted by atomic mass is 16.1. The van der Waals surface area contributed by atoms with E-state index in [1.165, 1.54) is 6.42 Å². The van der Waals surface area contributed by atoms with E-state index >= 15 is 0 Å². The minimum atomic E-state index is 0.216. The minimum Gasteiger partial charge on any atom is -0.299 e. The van der Waals surface area contributed by atoms with Gasteiger partial charge in [-0.1, -0.05) is 26.0 Å². The second-order valence-corrected chi connectivity index (χ2v) is 4.23. The zero-order valence-electron chi connectivity index (χ0n) is 8.75. The van der Waals surface area contributed by atoms with Crippen LogP contribution in [0.15, 0.2) is 12.2 Å². The molecule has 0 bridgehead atoms. The SMILES string of the molecule is CC(C)C(=O)C1CC/C=C\CCC1. The lowest BCUT2D eigenvalue weighted by atomic mass is 9.86. The molecule has 1 aliphatic carbocycles. The fourth-order valence-electron chi connectivity index (χ4n) is 1.92. The van der Waals surface area contributed by atoms with Crippen LogP contribution < -0.4 is 0 Å². The Morgan fingerprint density at radius 1 is 1.23 bits per heavy atom. The smallest absolute Gasteiger partial charge is 0.138 e. The maximum absolute atomic E-state index is 11.7. The second-order valence-electron chi connectivity index (χ2n) is 4.23. The molecule has 0 aromatic heterocycles. The molecule has 1 unspecified atom stereocenters. The van der Waals surface area contributed by atoms with Gasteiger partial charge in [-0.2, -0.15) is 0 Å². The van der Waals surface area contributed by atoms with Gasteiger partial charge in [0, 0.05) is 11.8 Å². The zero-order valence-corrected chi connectivity index (χ0v) is 8.75. The van der Waals surface area contributed by atoms with Crippen molar-refractivity contribution in [2.24, 2.45) is 11.8 Å². The average Bonchev–Trinajstić information content (AvgIpc) is 2.02. The molecule has 1 rings (SSSR count). The number of ketones is 1. The molecule has 0 spiro atoms.